The fourth-order valence-corrected chi connectivity index (χ4v) is 7.51. The molecule has 13 heteroatoms. The molecule has 48 heavy (non-hydrogen) atoms. The van der Waals surface area contributed by atoms with Gasteiger partial charge in [0.2, 0.25) is 11.8 Å². The number of benzene rings is 3. The monoisotopic (exact) mass is 701 g/mol. The molecule has 4 rings (SSSR count). The fourth-order valence-electron chi connectivity index (χ4n) is 5.88. The Balaban J connectivity index is 1.82. The summed E-state index contributed by atoms with van der Waals surface area (Å²) in [6, 6.07) is 15.0. The quantitative estimate of drug-likeness (QED) is 0.210. The Kier molecular flexibility index (Phi) is 12.8. The molecule has 3 aromatic rings. The molecule has 0 aromatic heterocycles. The smallest absolute Gasteiger partial charge is 0.265 e. The van der Waals surface area contributed by atoms with Gasteiger partial charge in [0.25, 0.3) is 10.0 Å². The van der Waals surface area contributed by atoms with Gasteiger partial charge in [-0.1, -0.05) is 56.0 Å². The number of hydrogen-bond donors (Lipinski definition) is 1. The number of nitrogens with zero attached hydrogens (tertiary/aromatic N) is 2. The van der Waals surface area contributed by atoms with Gasteiger partial charge in [0.1, 0.15) is 24.1 Å². The predicted molar refractivity (Wildman–Crippen MR) is 185 cm³/mol. The van der Waals surface area contributed by atoms with E-state index >= 15 is 0 Å². The van der Waals surface area contributed by atoms with Crippen molar-refractivity contribution in [3.63, 3.8) is 0 Å². The maximum Gasteiger partial charge on any atom is 0.265 e. The van der Waals surface area contributed by atoms with Crippen LogP contribution in [0, 0.1) is 0 Å². The highest BCUT2D eigenvalue weighted by atomic mass is 35.5. The van der Waals surface area contributed by atoms with Gasteiger partial charge < -0.3 is 29.2 Å². The second-order valence-electron chi connectivity index (χ2n) is 11.4. The van der Waals surface area contributed by atoms with Crippen molar-refractivity contribution in [2.75, 3.05) is 39.3 Å². The van der Waals surface area contributed by atoms with Gasteiger partial charge >= 0.3 is 0 Å². The Morgan fingerprint density at radius 1 is 0.875 bits per heavy atom. The first kappa shape index (κ1) is 36.7. The molecule has 1 aliphatic rings. The van der Waals surface area contributed by atoms with E-state index in [9.17, 15) is 18.0 Å². The Morgan fingerprint density at radius 3 is 2.17 bits per heavy atom. The zero-order chi connectivity index (χ0) is 34.8. The largest absolute Gasteiger partial charge is 0.497 e. The van der Waals surface area contributed by atoms with Gasteiger partial charge in [-0.3, -0.25) is 13.9 Å². The molecule has 0 heterocycles. The normalized spacial score (nSPS) is 14.0. The maximum atomic E-state index is 14.6. The molecule has 0 aliphatic heterocycles. The Morgan fingerprint density at radius 2 is 1.54 bits per heavy atom. The number of ether oxygens (including phenoxy) is 4. The standard InChI is InChI=1S/C35H44ClN3O8S/c1-6-29(35(41)37-25-13-8-7-9-14-25)38(22-24-12-10-11-15-28(24)36)34(40)23-39(30-20-26(44-2)16-18-31(30)45-3)48(42,43)27-17-19-32(46-4)33(21-27)47-5/h10-12,15-21,25,29H,6-9,13-14,22-23H2,1-5H3,(H,37,41)/t29-/m1/s1. The van der Waals surface area contributed by atoms with Crippen LogP contribution in [0.15, 0.2) is 65.6 Å². The van der Waals surface area contributed by atoms with E-state index in [1.807, 2.05) is 6.92 Å². The zero-order valence-electron chi connectivity index (χ0n) is 28.0. The number of hydrogen-bond acceptors (Lipinski definition) is 8. The Hall–Kier alpha value is -4.16. The number of amides is 2. The molecule has 0 bridgehead atoms. The molecule has 3 aromatic carbocycles. The molecular formula is C35H44ClN3O8S. The van der Waals surface area contributed by atoms with Gasteiger partial charge in [-0.15, -0.1) is 0 Å². The minimum atomic E-state index is -4.47. The van der Waals surface area contributed by atoms with Gasteiger partial charge in [0, 0.05) is 29.7 Å². The van der Waals surface area contributed by atoms with Crippen molar-refractivity contribution >= 4 is 39.1 Å². The predicted octanol–water partition coefficient (Wildman–Crippen LogP) is 5.83. The van der Waals surface area contributed by atoms with E-state index in [0.29, 0.717) is 28.5 Å². The van der Waals surface area contributed by atoms with E-state index in [0.717, 1.165) is 36.4 Å². The number of halogens is 1. The summed E-state index contributed by atoms with van der Waals surface area (Å²) in [4.78, 5) is 29.6. The van der Waals surface area contributed by atoms with Crippen molar-refractivity contribution in [1.82, 2.24) is 10.2 Å². The fraction of sp³-hybridized carbons (Fsp3) is 0.429. The molecule has 0 unspecified atom stereocenters. The molecule has 2 amide bonds. The van der Waals surface area contributed by atoms with E-state index in [-0.39, 0.29) is 40.6 Å². The van der Waals surface area contributed by atoms with E-state index in [1.54, 1.807) is 36.4 Å². The highest BCUT2D eigenvalue weighted by Gasteiger charge is 2.36. The minimum absolute atomic E-state index is 0.0144. The summed E-state index contributed by atoms with van der Waals surface area (Å²) in [7, 11) is 1.23. The van der Waals surface area contributed by atoms with Crippen LogP contribution in [-0.4, -0.2) is 72.2 Å². The van der Waals surface area contributed by atoms with Crippen molar-refractivity contribution in [2.45, 2.75) is 69.0 Å². The zero-order valence-corrected chi connectivity index (χ0v) is 29.6. The van der Waals surface area contributed by atoms with Crippen LogP contribution in [0.3, 0.4) is 0 Å². The van der Waals surface area contributed by atoms with Crippen LogP contribution >= 0.6 is 11.6 Å². The molecule has 0 spiro atoms. The van der Waals surface area contributed by atoms with Crippen LogP contribution in [0.25, 0.3) is 0 Å². The summed E-state index contributed by atoms with van der Waals surface area (Å²) in [6.07, 6.45) is 5.20. The lowest BCUT2D eigenvalue weighted by Crippen LogP contribution is -2.54. The van der Waals surface area contributed by atoms with Gasteiger partial charge in [0.05, 0.1) is 39.0 Å². The van der Waals surface area contributed by atoms with E-state index in [2.05, 4.69) is 5.32 Å². The topological polar surface area (TPSA) is 124 Å². The highest BCUT2D eigenvalue weighted by Crippen LogP contribution is 2.38. The lowest BCUT2D eigenvalue weighted by molar-refractivity contribution is -0.140. The van der Waals surface area contributed by atoms with Crippen molar-refractivity contribution in [1.29, 1.82) is 0 Å². The van der Waals surface area contributed by atoms with Crippen molar-refractivity contribution < 1.29 is 37.0 Å². The third-order valence-electron chi connectivity index (χ3n) is 8.51. The lowest BCUT2D eigenvalue weighted by atomic mass is 9.95. The van der Waals surface area contributed by atoms with Gasteiger partial charge in [-0.05, 0) is 55.2 Å². The molecule has 1 N–H and O–H groups in total. The molecular weight excluding hydrogens is 658 g/mol. The minimum Gasteiger partial charge on any atom is -0.497 e. The summed E-state index contributed by atoms with van der Waals surface area (Å²) in [6.45, 7) is 1.13. The highest BCUT2D eigenvalue weighted by molar-refractivity contribution is 7.92. The van der Waals surface area contributed by atoms with Crippen molar-refractivity contribution in [2.24, 2.45) is 0 Å². The SMILES string of the molecule is CC[C@H](C(=O)NC1CCCCC1)N(Cc1ccccc1Cl)C(=O)CN(c1cc(OC)ccc1OC)S(=O)(=O)c1ccc(OC)c(OC)c1. The van der Waals surface area contributed by atoms with Crippen LogP contribution in [0.5, 0.6) is 23.0 Å². The van der Waals surface area contributed by atoms with E-state index < -0.39 is 28.5 Å². The Labute approximate surface area is 288 Å². The number of sulfonamides is 1. The number of carbonyl (C=O) groups excluding carboxylic acids is 2. The van der Waals surface area contributed by atoms with Crippen molar-refractivity contribution in [3.05, 3.63) is 71.2 Å². The van der Waals surface area contributed by atoms with Crippen LogP contribution in [-0.2, 0) is 26.2 Å². The van der Waals surface area contributed by atoms with E-state index in [4.69, 9.17) is 30.5 Å². The molecule has 11 nitrogen and oxygen atoms in total. The first-order chi connectivity index (χ1) is 23.1. The average molecular weight is 702 g/mol. The number of nitrogens with one attached hydrogen (secondary N) is 1. The Bertz CT molecular complexity index is 1680. The summed E-state index contributed by atoms with van der Waals surface area (Å²) in [5.41, 5.74) is 0.682. The molecule has 1 saturated carbocycles. The van der Waals surface area contributed by atoms with Gasteiger partial charge in [-0.25, -0.2) is 8.42 Å². The summed E-state index contributed by atoms with van der Waals surface area (Å²) < 4.78 is 51.7. The van der Waals surface area contributed by atoms with Gasteiger partial charge in [0.15, 0.2) is 11.5 Å². The molecule has 1 atom stereocenters. The summed E-state index contributed by atoms with van der Waals surface area (Å²) >= 11 is 6.54. The third-order valence-corrected chi connectivity index (χ3v) is 10.6. The van der Waals surface area contributed by atoms with E-state index in [1.165, 1.54) is 57.6 Å². The first-order valence-electron chi connectivity index (χ1n) is 15.9. The number of carbonyl (C=O) groups is 2. The van der Waals surface area contributed by atoms with Crippen molar-refractivity contribution in [3.8, 4) is 23.0 Å². The molecule has 0 radical (unpaired) electrons. The molecule has 1 fully saturated rings. The maximum absolute atomic E-state index is 14.6. The second-order valence-corrected chi connectivity index (χ2v) is 13.7. The summed E-state index contributed by atoms with van der Waals surface area (Å²) in [5.74, 6) is 0.142. The van der Waals surface area contributed by atoms with Crippen LogP contribution < -0.4 is 28.6 Å². The molecule has 0 saturated heterocycles. The molecule has 260 valence electrons. The summed E-state index contributed by atoms with van der Waals surface area (Å²) in [5, 5.41) is 3.56. The third kappa shape index (κ3) is 8.46. The lowest BCUT2D eigenvalue weighted by Gasteiger charge is -2.35. The molecule has 1 aliphatic carbocycles. The number of rotatable bonds is 15. The van der Waals surface area contributed by atoms with Crippen LogP contribution in [0.1, 0.15) is 51.0 Å². The second kappa shape index (κ2) is 16.8. The van der Waals surface area contributed by atoms with Crippen LogP contribution in [0.2, 0.25) is 5.02 Å². The van der Waals surface area contributed by atoms with Gasteiger partial charge in [-0.2, -0.15) is 0 Å². The number of anilines is 1. The average Bonchev–Trinajstić information content (AvgIpc) is 3.10. The van der Waals surface area contributed by atoms with Crippen LogP contribution in [0.4, 0.5) is 5.69 Å². The first-order valence-corrected chi connectivity index (χ1v) is 17.7. The number of methoxy groups -OCH3 is 4.